The van der Waals surface area contributed by atoms with Crippen LogP contribution in [0.4, 0.5) is 24.8 Å². The summed E-state index contributed by atoms with van der Waals surface area (Å²) in [4.78, 5) is 17.0. The number of aromatic nitrogens is 1. The molecule has 1 amide bonds. The Labute approximate surface area is 121 Å². The number of likely N-dealkylation sites (N-methyl/N-ethyl adjacent to an activating group) is 2. The van der Waals surface area contributed by atoms with Crippen LogP contribution >= 0.6 is 0 Å². The third kappa shape index (κ3) is 4.80. The first-order valence-corrected chi connectivity index (χ1v) is 6.60. The molecule has 1 aromatic heterocycles. The lowest BCUT2D eigenvalue weighted by Crippen LogP contribution is -2.36. The molecule has 21 heavy (non-hydrogen) atoms. The maximum atomic E-state index is 12.9. The van der Waals surface area contributed by atoms with Crippen LogP contribution in [0.1, 0.15) is 19.4 Å². The monoisotopic (exact) mass is 304 g/mol. The van der Waals surface area contributed by atoms with Gasteiger partial charge in [-0.15, -0.1) is 0 Å². The fourth-order valence-corrected chi connectivity index (χ4v) is 1.72. The highest BCUT2D eigenvalue weighted by Crippen LogP contribution is 2.32. The molecule has 8 heteroatoms. The molecule has 1 heterocycles. The van der Waals surface area contributed by atoms with E-state index in [0.717, 1.165) is 12.1 Å². The largest absolute Gasteiger partial charge is 0.416 e. The van der Waals surface area contributed by atoms with E-state index in [1.165, 1.54) is 11.9 Å². The highest BCUT2D eigenvalue weighted by Gasteiger charge is 2.32. The molecule has 0 spiro atoms. The van der Waals surface area contributed by atoms with E-state index in [1.54, 1.807) is 13.8 Å². The van der Waals surface area contributed by atoms with Crippen molar-refractivity contribution in [2.75, 3.05) is 36.9 Å². The van der Waals surface area contributed by atoms with Gasteiger partial charge in [0.25, 0.3) is 0 Å². The summed E-state index contributed by atoms with van der Waals surface area (Å²) in [5.41, 5.74) is -0.793. The minimum Gasteiger partial charge on any atom is -0.370 e. The number of pyridine rings is 1. The van der Waals surface area contributed by atoms with Gasteiger partial charge in [0.1, 0.15) is 11.6 Å². The lowest BCUT2D eigenvalue weighted by Gasteiger charge is -2.23. The molecular formula is C13H19F3N4O. The van der Waals surface area contributed by atoms with Crippen LogP contribution in [0.2, 0.25) is 0 Å². The van der Waals surface area contributed by atoms with Crippen molar-refractivity contribution in [1.82, 2.24) is 10.3 Å². The summed E-state index contributed by atoms with van der Waals surface area (Å²) in [6, 6.07) is 1.91. The fraction of sp³-hybridized carbons (Fsp3) is 0.538. The van der Waals surface area contributed by atoms with Crippen LogP contribution in [-0.2, 0) is 11.0 Å². The van der Waals surface area contributed by atoms with Crippen LogP contribution < -0.4 is 15.5 Å². The second-order valence-electron chi connectivity index (χ2n) is 4.31. The van der Waals surface area contributed by atoms with E-state index in [1.807, 2.05) is 0 Å². The average Bonchev–Trinajstić information content (AvgIpc) is 2.43. The van der Waals surface area contributed by atoms with Crippen LogP contribution in [0.5, 0.6) is 0 Å². The minimum atomic E-state index is -4.46. The second-order valence-corrected chi connectivity index (χ2v) is 4.31. The number of nitrogens with zero attached hydrogens (tertiary/aromatic N) is 2. The first-order chi connectivity index (χ1) is 9.81. The zero-order valence-electron chi connectivity index (χ0n) is 12.2. The van der Waals surface area contributed by atoms with E-state index in [9.17, 15) is 18.0 Å². The third-order valence-electron chi connectivity index (χ3n) is 2.82. The molecule has 0 bridgehead atoms. The van der Waals surface area contributed by atoms with Crippen molar-refractivity contribution in [1.29, 1.82) is 0 Å². The number of hydrogen-bond donors (Lipinski definition) is 2. The van der Waals surface area contributed by atoms with Gasteiger partial charge < -0.3 is 15.5 Å². The quantitative estimate of drug-likeness (QED) is 0.845. The molecule has 0 unspecified atom stereocenters. The summed E-state index contributed by atoms with van der Waals surface area (Å²) in [6.45, 7) is 4.29. The molecule has 118 valence electrons. The molecule has 1 aromatic rings. The molecule has 0 saturated heterocycles. The summed E-state index contributed by atoms with van der Waals surface area (Å²) < 4.78 is 38.8. The van der Waals surface area contributed by atoms with E-state index in [-0.39, 0.29) is 24.1 Å². The van der Waals surface area contributed by atoms with E-state index < -0.39 is 11.7 Å². The number of hydrogen-bond acceptors (Lipinski definition) is 4. The zero-order chi connectivity index (χ0) is 16.0. The Kier molecular flexibility index (Phi) is 5.80. The normalized spacial score (nSPS) is 11.1. The lowest BCUT2D eigenvalue weighted by atomic mass is 10.2. The van der Waals surface area contributed by atoms with Gasteiger partial charge in [-0.25, -0.2) is 4.98 Å². The first-order valence-electron chi connectivity index (χ1n) is 6.60. The molecule has 0 aliphatic carbocycles. The van der Waals surface area contributed by atoms with Gasteiger partial charge in [0.15, 0.2) is 0 Å². The van der Waals surface area contributed by atoms with E-state index in [2.05, 4.69) is 15.6 Å². The summed E-state index contributed by atoms with van der Waals surface area (Å²) >= 11 is 0. The zero-order valence-corrected chi connectivity index (χ0v) is 12.2. The Morgan fingerprint density at radius 1 is 1.33 bits per heavy atom. The predicted molar refractivity (Wildman–Crippen MR) is 75.4 cm³/mol. The highest BCUT2D eigenvalue weighted by atomic mass is 19.4. The van der Waals surface area contributed by atoms with Crippen LogP contribution in [0.25, 0.3) is 0 Å². The highest BCUT2D eigenvalue weighted by molar-refractivity contribution is 5.80. The Morgan fingerprint density at radius 3 is 2.48 bits per heavy atom. The number of amides is 1. The van der Waals surface area contributed by atoms with Crippen LogP contribution in [0.3, 0.4) is 0 Å². The predicted octanol–water partition coefficient (Wildman–Crippen LogP) is 2.10. The van der Waals surface area contributed by atoms with Crippen molar-refractivity contribution in [3.63, 3.8) is 0 Å². The van der Waals surface area contributed by atoms with E-state index >= 15 is 0 Å². The Morgan fingerprint density at radius 2 is 2.00 bits per heavy atom. The Balaban J connectivity index is 3.19. The first kappa shape index (κ1) is 17.1. The van der Waals surface area contributed by atoms with E-state index in [0.29, 0.717) is 13.1 Å². The van der Waals surface area contributed by atoms with Crippen molar-refractivity contribution >= 4 is 17.5 Å². The molecule has 5 nitrogen and oxygen atoms in total. The number of rotatable bonds is 6. The van der Waals surface area contributed by atoms with Crippen molar-refractivity contribution in [3.8, 4) is 0 Å². The van der Waals surface area contributed by atoms with Gasteiger partial charge in [-0.05, 0) is 26.0 Å². The van der Waals surface area contributed by atoms with Gasteiger partial charge in [0, 0.05) is 20.1 Å². The van der Waals surface area contributed by atoms with E-state index in [4.69, 9.17) is 0 Å². The number of nitrogens with one attached hydrogen (secondary N) is 2. The van der Waals surface area contributed by atoms with Crippen LogP contribution in [0, 0.1) is 0 Å². The van der Waals surface area contributed by atoms with Gasteiger partial charge in [-0.1, -0.05) is 0 Å². The number of halogens is 3. The summed E-state index contributed by atoms with van der Waals surface area (Å²) in [7, 11) is 1.47. The molecule has 1 rings (SSSR count). The number of alkyl halides is 3. The lowest BCUT2D eigenvalue weighted by molar-refractivity contribution is -0.137. The molecule has 0 aliphatic heterocycles. The Bertz CT molecular complexity index is 491. The molecule has 0 aliphatic rings. The summed E-state index contributed by atoms with van der Waals surface area (Å²) in [5.74, 6) is -0.0365. The smallest absolute Gasteiger partial charge is 0.370 e. The van der Waals surface area contributed by atoms with Crippen molar-refractivity contribution in [2.45, 2.75) is 20.0 Å². The molecule has 0 radical (unpaired) electrons. The van der Waals surface area contributed by atoms with Crippen molar-refractivity contribution in [3.05, 3.63) is 17.7 Å². The Hall–Kier alpha value is -1.99. The average molecular weight is 304 g/mol. The van der Waals surface area contributed by atoms with Crippen molar-refractivity contribution in [2.24, 2.45) is 0 Å². The van der Waals surface area contributed by atoms with Crippen LogP contribution in [-0.4, -0.2) is 37.6 Å². The molecular weight excluding hydrogens is 285 g/mol. The molecule has 2 N–H and O–H groups in total. The molecule has 0 atom stereocenters. The summed E-state index contributed by atoms with van der Waals surface area (Å²) in [5, 5.41) is 5.21. The SMILES string of the molecule is CCNc1cc(C(F)(F)F)cc(N(CC)CC(=O)NC)n1. The van der Waals surface area contributed by atoms with Gasteiger partial charge in [0.2, 0.25) is 5.91 Å². The molecule has 0 fully saturated rings. The summed E-state index contributed by atoms with van der Waals surface area (Å²) in [6.07, 6.45) is -4.46. The standard InChI is InChI=1S/C13H19F3N4O/c1-4-18-10-6-9(13(14,15)16)7-11(19-10)20(5-2)8-12(21)17-3/h6-7H,4-5,8H2,1-3H3,(H,17,21)(H,18,19). The fourth-order valence-electron chi connectivity index (χ4n) is 1.72. The van der Waals surface area contributed by atoms with Gasteiger partial charge in [-0.3, -0.25) is 4.79 Å². The maximum Gasteiger partial charge on any atom is 0.416 e. The number of anilines is 2. The number of carbonyl (C=O) groups excluding carboxylic acids is 1. The molecule has 0 saturated carbocycles. The topological polar surface area (TPSA) is 57.3 Å². The van der Waals surface area contributed by atoms with Crippen molar-refractivity contribution < 1.29 is 18.0 Å². The number of carbonyl (C=O) groups is 1. The second kappa shape index (κ2) is 7.14. The van der Waals surface area contributed by atoms with Gasteiger partial charge >= 0.3 is 6.18 Å². The molecule has 0 aromatic carbocycles. The van der Waals surface area contributed by atoms with Gasteiger partial charge in [0.05, 0.1) is 12.1 Å². The third-order valence-corrected chi connectivity index (χ3v) is 2.82. The minimum absolute atomic E-state index is 0.0487. The van der Waals surface area contributed by atoms with Gasteiger partial charge in [-0.2, -0.15) is 13.2 Å². The van der Waals surface area contributed by atoms with Crippen LogP contribution in [0.15, 0.2) is 12.1 Å². The maximum absolute atomic E-state index is 12.9.